The highest BCUT2D eigenvalue weighted by Crippen LogP contribution is 2.25. The third-order valence-corrected chi connectivity index (χ3v) is 4.19. The summed E-state index contributed by atoms with van der Waals surface area (Å²) in [6.07, 6.45) is 25.7. The van der Waals surface area contributed by atoms with E-state index in [0.717, 1.165) is 6.54 Å². The van der Waals surface area contributed by atoms with E-state index in [9.17, 15) is 0 Å². The van der Waals surface area contributed by atoms with Gasteiger partial charge in [-0.3, -0.25) is 0 Å². The fourth-order valence-electron chi connectivity index (χ4n) is 2.98. The van der Waals surface area contributed by atoms with E-state index in [1.807, 2.05) is 0 Å². The first-order valence-corrected chi connectivity index (χ1v) is 8.43. The third-order valence-electron chi connectivity index (χ3n) is 4.19. The first kappa shape index (κ1) is 15.2. The van der Waals surface area contributed by atoms with Crippen LogP contribution in [0.3, 0.4) is 0 Å². The highest BCUT2D eigenvalue weighted by atomic mass is 15.1. The van der Waals surface area contributed by atoms with E-state index in [0.29, 0.717) is 0 Å². The largest absolute Gasteiger partial charge is 0.344 e. The minimum absolute atomic E-state index is 1.02. The van der Waals surface area contributed by atoms with Gasteiger partial charge in [0.15, 0.2) is 0 Å². The SMILES string of the molecule is CCCCCCCCCCC1=C2C=CC=CN2CC=C1. The second-order valence-electron chi connectivity index (χ2n) is 5.89. The Morgan fingerprint density at radius 2 is 1.65 bits per heavy atom. The summed E-state index contributed by atoms with van der Waals surface area (Å²) < 4.78 is 0. The van der Waals surface area contributed by atoms with Crippen molar-refractivity contribution < 1.29 is 0 Å². The Kier molecular flexibility index (Phi) is 6.70. The van der Waals surface area contributed by atoms with Crippen molar-refractivity contribution in [3.63, 3.8) is 0 Å². The first-order chi connectivity index (χ1) is 9.92. The second-order valence-corrected chi connectivity index (χ2v) is 5.89. The van der Waals surface area contributed by atoms with Crippen molar-refractivity contribution in [1.82, 2.24) is 4.90 Å². The monoisotopic (exact) mass is 271 g/mol. The van der Waals surface area contributed by atoms with Gasteiger partial charge in [-0.25, -0.2) is 0 Å². The molecule has 0 bridgehead atoms. The molecule has 0 aromatic heterocycles. The predicted octanol–water partition coefficient (Wildman–Crippen LogP) is 5.73. The zero-order valence-electron chi connectivity index (χ0n) is 13.0. The maximum atomic E-state index is 2.35. The Hall–Kier alpha value is -1.24. The van der Waals surface area contributed by atoms with Crippen LogP contribution in [-0.2, 0) is 0 Å². The number of nitrogens with zero attached hydrogens (tertiary/aromatic N) is 1. The molecule has 2 aliphatic rings. The average molecular weight is 271 g/mol. The summed E-state index contributed by atoms with van der Waals surface area (Å²) in [6.45, 7) is 3.31. The molecule has 0 radical (unpaired) electrons. The van der Waals surface area contributed by atoms with Crippen LogP contribution in [0.4, 0.5) is 0 Å². The summed E-state index contributed by atoms with van der Waals surface area (Å²) in [5.74, 6) is 0. The molecule has 0 aromatic carbocycles. The minimum Gasteiger partial charge on any atom is -0.344 e. The Morgan fingerprint density at radius 3 is 2.45 bits per heavy atom. The topological polar surface area (TPSA) is 3.24 Å². The summed E-state index contributed by atoms with van der Waals surface area (Å²) in [6, 6.07) is 0. The summed E-state index contributed by atoms with van der Waals surface area (Å²) in [7, 11) is 0. The molecular formula is C19H29N. The Balaban J connectivity index is 1.64. The molecule has 20 heavy (non-hydrogen) atoms. The van der Waals surface area contributed by atoms with Gasteiger partial charge in [0.25, 0.3) is 0 Å². The quantitative estimate of drug-likeness (QED) is 0.484. The number of unbranched alkanes of at least 4 members (excludes halogenated alkanes) is 7. The van der Waals surface area contributed by atoms with Crippen LogP contribution in [0.15, 0.2) is 47.9 Å². The molecule has 0 unspecified atom stereocenters. The second kappa shape index (κ2) is 8.84. The fraction of sp³-hybridized carbons (Fsp3) is 0.579. The van der Waals surface area contributed by atoms with E-state index in [1.165, 1.54) is 69.1 Å². The average Bonchev–Trinajstić information content (AvgIpc) is 2.50. The molecule has 2 aliphatic heterocycles. The smallest absolute Gasteiger partial charge is 0.0441 e. The van der Waals surface area contributed by atoms with Crippen LogP contribution in [0.5, 0.6) is 0 Å². The van der Waals surface area contributed by atoms with E-state index < -0.39 is 0 Å². The molecule has 0 saturated heterocycles. The van der Waals surface area contributed by atoms with Crippen molar-refractivity contribution >= 4 is 0 Å². The van der Waals surface area contributed by atoms with E-state index in [2.05, 4.69) is 48.4 Å². The lowest BCUT2D eigenvalue weighted by Crippen LogP contribution is -2.21. The van der Waals surface area contributed by atoms with Crippen LogP contribution >= 0.6 is 0 Å². The lowest BCUT2D eigenvalue weighted by atomic mass is 9.99. The van der Waals surface area contributed by atoms with Crippen LogP contribution in [0, 0.1) is 0 Å². The van der Waals surface area contributed by atoms with Crippen LogP contribution in [0.1, 0.15) is 64.7 Å². The van der Waals surface area contributed by atoms with Crippen molar-refractivity contribution in [3.8, 4) is 0 Å². The molecule has 110 valence electrons. The molecule has 2 rings (SSSR count). The van der Waals surface area contributed by atoms with Gasteiger partial charge in [-0.05, 0) is 30.6 Å². The normalized spacial score (nSPS) is 16.9. The lowest BCUT2D eigenvalue weighted by molar-refractivity contribution is 0.509. The number of allylic oxidation sites excluding steroid dienone is 5. The Morgan fingerprint density at radius 1 is 0.900 bits per heavy atom. The van der Waals surface area contributed by atoms with Gasteiger partial charge in [0, 0.05) is 18.4 Å². The highest BCUT2D eigenvalue weighted by Gasteiger charge is 2.13. The molecule has 0 aromatic rings. The van der Waals surface area contributed by atoms with Gasteiger partial charge in [-0.1, -0.05) is 70.1 Å². The van der Waals surface area contributed by atoms with Crippen molar-refractivity contribution in [1.29, 1.82) is 0 Å². The summed E-state index contributed by atoms with van der Waals surface area (Å²) in [4.78, 5) is 2.35. The predicted molar refractivity (Wildman–Crippen MR) is 88.4 cm³/mol. The lowest BCUT2D eigenvalue weighted by Gasteiger charge is -2.27. The van der Waals surface area contributed by atoms with Crippen molar-refractivity contribution in [3.05, 3.63) is 47.9 Å². The molecule has 0 spiro atoms. The van der Waals surface area contributed by atoms with Crippen molar-refractivity contribution in [2.24, 2.45) is 0 Å². The molecule has 0 saturated carbocycles. The molecule has 0 N–H and O–H groups in total. The van der Waals surface area contributed by atoms with Crippen LogP contribution in [0.2, 0.25) is 0 Å². The molecule has 0 amide bonds. The maximum absolute atomic E-state index is 2.35. The third kappa shape index (κ3) is 4.70. The summed E-state index contributed by atoms with van der Waals surface area (Å²) >= 11 is 0. The van der Waals surface area contributed by atoms with E-state index in [4.69, 9.17) is 0 Å². The maximum Gasteiger partial charge on any atom is 0.0441 e. The van der Waals surface area contributed by atoms with Crippen LogP contribution < -0.4 is 0 Å². The molecule has 0 aliphatic carbocycles. The minimum atomic E-state index is 1.02. The molecule has 0 atom stereocenters. The first-order valence-electron chi connectivity index (χ1n) is 8.43. The van der Waals surface area contributed by atoms with Gasteiger partial charge >= 0.3 is 0 Å². The van der Waals surface area contributed by atoms with Gasteiger partial charge in [0.2, 0.25) is 0 Å². The van der Waals surface area contributed by atoms with E-state index >= 15 is 0 Å². The van der Waals surface area contributed by atoms with Gasteiger partial charge in [-0.15, -0.1) is 0 Å². The van der Waals surface area contributed by atoms with Crippen molar-refractivity contribution in [2.75, 3.05) is 6.54 Å². The van der Waals surface area contributed by atoms with Crippen LogP contribution in [-0.4, -0.2) is 11.4 Å². The molecular weight excluding hydrogens is 242 g/mol. The fourth-order valence-corrected chi connectivity index (χ4v) is 2.98. The van der Waals surface area contributed by atoms with Gasteiger partial charge in [0.05, 0.1) is 0 Å². The summed E-state index contributed by atoms with van der Waals surface area (Å²) in [5, 5.41) is 0. The van der Waals surface area contributed by atoms with Gasteiger partial charge in [0.1, 0.15) is 0 Å². The Bertz CT molecular complexity index is 398. The van der Waals surface area contributed by atoms with Gasteiger partial charge in [-0.2, -0.15) is 0 Å². The number of fused-ring (bicyclic) bond motifs is 1. The number of rotatable bonds is 9. The molecule has 2 heterocycles. The zero-order valence-corrected chi connectivity index (χ0v) is 13.0. The van der Waals surface area contributed by atoms with E-state index in [1.54, 1.807) is 0 Å². The number of hydrogen-bond donors (Lipinski definition) is 0. The molecule has 1 nitrogen and oxygen atoms in total. The van der Waals surface area contributed by atoms with Gasteiger partial charge < -0.3 is 4.90 Å². The summed E-state index contributed by atoms with van der Waals surface area (Å²) in [5.41, 5.74) is 2.93. The van der Waals surface area contributed by atoms with E-state index in [-0.39, 0.29) is 0 Å². The van der Waals surface area contributed by atoms with Crippen LogP contribution in [0.25, 0.3) is 0 Å². The Labute approximate surface area is 124 Å². The number of hydrogen-bond acceptors (Lipinski definition) is 1. The highest BCUT2D eigenvalue weighted by molar-refractivity contribution is 5.40. The molecule has 1 heteroatoms. The standard InChI is InChI=1S/C19H29N/c1-2-3-4-5-6-7-8-9-13-18-14-12-17-20-16-11-10-15-19(18)20/h10-12,14-16H,2-9,13,17H2,1H3. The zero-order chi connectivity index (χ0) is 14.0. The van der Waals surface area contributed by atoms with Crippen molar-refractivity contribution in [2.45, 2.75) is 64.7 Å². The molecule has 0 fully saturated rings.